The summed E-state index contributed by atoms with van der Waals surface area (Å²) < 4.78 is 16.4. The van der Waals surface area contributed by atoms with E-state index in [1.54, 1.807) is 23.6 Å². The van der Waals surface area contributed by atoms with Crippen LogP contribution in [-0.4, -0.2) is 27.3 Å². The summed E-state index contributed by atoms with van der Waals surface area (Å²) in [6.45, 7) is 3.10. The highest BCUT2D eigenvalue weighted by Gasteiger charge is 2.16. The molecular formula is C14H14N2O4S2. The van der Waals surface area contributed by atoms with Crippen LogP contribution in [0.1, 0.15) is 22.8 Å². The zero-order valence-electron chi connectivity index (χ0n) is 12.2. The van der Waals surface area contributed by atoms with Crippen molar-refractivity contribution >= 4 is 39.1 Å². The second-order valence-electron chi connectivity index (χ2n) is 4.49. The quantitative estimate of drug-likeness (QED) is 0.683. The molecule has 8 heteroatoms. The molecule has 0 fully saturated rings. The fourth-order valence-corrected chi connectivity index (χ4v) is 3.21. The number of carbonyl (C=O) groups is 2. The van der Waals surface area contributed by atoms with Gasteiger partial charge in [0.15, 0.2) is 5.13 Å². The maximum absolute atomic E-state index is 12.3. The van der Waals surface area contributed by atoms with Gasteiger partial charge in [0.05, 0.1) is 16.4 Å². The lowest BCUT2D eigenvalue weighted by molar-refractivity contribution is -0.131. The standard InChI is InChI=1S/C14H14N2O4S2/c1-8-4-5-11(20-9(2)17)10(6-8)13(18)16-14-15-12(7-21-14)22(3)19/h4-7H,1-3H3,(H,15,16,18). The Kier molecular flexibility index (Phi) is 5.04. The third-order valence-electron chi connectivity index (χ3n) is 2.63. The second-order valence-corrected chi connectivity index (χ2v) is 6.68. The zero-order chi connectivity index (χ0) is 16.3. The third-order valence-corrected chi connectivity index (χ3v) is 4.34. The van der Waals surface area contributed by atoms with E-state index < -0.39 is 22.7 Å². The maximum Gasteiger partial charge on any atom is 0.308 e. The van der Waals surface area contributed by atoms with Gasteiger partial charge in [-0.3, -0.25) is 19.1 Å². The Morgan fingerprint density at radius 2 is 2.09 bits per heavy atom. The van der Waals surface area contributed by atoms with Crippen molar-refractivity contribution in [1.82, 2.24) is 4.98 Å². The largest absolute Gasteiger partial charge is 0.426 e. The van der Waals surface area contributed by atoms with Crippen LogP contribution in [-0.2, 0) is 15.6 Å². The minimum absolute atomic E-state index is 0.187. The first-order valence-electron chi connectivity index (χ1n) is 6.26. The number of hydrogen-bond donors (Lipinski definition) is 1. The van der Waals surface area contributed by atoms with E-state index in [1.165, 1.54) is 24.5 Å². The van der Waals surface area contributed by atoms with Crippen LogP contribution >= 0.6 is 11.3 Å². The van der Waals surface area contributed by atoms with E-state index in [0.717, 1.165) is 5.56 Å². The predicted octanol–water partition coefficient (Wildman–Crippen LogP) is 2.37. The SMILES string of the molecule is CC(=O)Oc1ccc(C)cc1C(=O)Nc1nc(S(C)=O)cs1. The lowest BCUT2D eigenvalue weighted by atomic mass is 10.1. The molecule has 0 bridgehead atoms. The summed E-state index contributed by atoms with van der Waals surface area (Å²) in [4.78, 5) is 27.5. The van der Waals surface area contributed by atoms with Crippen LogP contribution in [0.2, 0.25) is 0 Å². The topological polar surface area (TPSA) is 85.4 Å². The molecule has 6 nitrogen and oxygen atoms in total. The fourth-order valence-electron chi connectivity index (χ4n) is 1.68. The van der Waals surface area contributed by atoms with Crippen molar-refractivity contribution in [2.45, 2.75) is 18.9 Å². The van der Waals surface area contributed by atoms with Crippen LogP contribution < -0.4 is 10.1 Å². The monoisotopic (exact) mass is 338 g/mol. The minimum Gasteiger partial charge on any atom is -0.426 e. The second kappa shape index (κ2) is 6.80. The fraction of sp³-hybridized carbons (Fsp3) is 0.214. The molecule has 0 aliphatic heterocycles. The Morgan fingerprint density at radius 1 is 1.36 bits per heavy atom. The van der Waals surface area contributed by atoms with Crippen molar-refractivity contribution in [3.8, 4) is 5.75 Å². The Labute approximate surface area is 134 Å². The van der Waals surface area contributed by atoms with Gasteiger partial charge in [-0.25, -0.2) is 4.98 Å². The number of thiazole rings is 1. The van der Waals surface area contributed by atoms with Gasteiger partial charge in [-0.05, 0) is 19.1 Å². The minimum atomic E-state index is -1.20. The summed E-state index contributed by atoms with van der Waals surface area (Å²) in [6, 6.07) is 4.94. The van der Waals surface area contributed by atoms with Crippen molar-refractivity contribution in [1.29, 1.82) is 0 Å². The molecule has 2 aromatic rings. The highest BCUT2D eigenvalue weighted by Crippen LogP contribution is 2.23. The van der Waals surface area contributed by atoms with E-state index in [2.05, 4.69) is 10.3 Å². The highest BCUT2D eigenvalue weighted by atomic mass is 32.2. The molecule has 1 heterocycles. The highest BCUT2D eigenvalue weighted by molar-refractivity contribution is 7.84. The number of rotatable bonds is 4. The molecule has 2 rings (SSSR count). The Hall–Kier alpha value is -2.06. The molecule has 1 N–H and O–H groups in total. The van der Waals surface area contributed by atoms with Crippen LogP contribution in [0.15, 0.2) is 28.6 Å². The van der Waals surface area contributed by atoms with Gasteiger partial charge in [0.25, 0.3) is 5.91 Å². The first kappa shape index (κ1) is 16.3. The number of nitrogens with one attached hydrogen (secondary N) is 1. The van der Waals surface area contributed by atoms with Gasteiger partial charge in [0.2, 0.25) is 0 Å². The molecule has 0 aliphatic carbocycles. The third kappa shape index (κ3) is 3.99. The number of benzene rings is 1. The molecule has 22 heavy (non-hydrogen) atoms. The van der Waals surface area contributed by atoms with Crippen LogP contribution in [0, 0.1) is 6.92 Å². The first-order valence-corrected chi connectivity index (χ1v) is 8.70. The number of nitrogens with zero attached hydrogens (tertiary/aromatic N) is 1. The number of aryl methyl sites for hydroxylation is 1. The van der Waals surface area contributed by atoms with Crippen molar-refractivity contribution in [3.63, 3.8) is 0 Å². The number of hydrogen-bond acceptors (Lipinski definition) is 6. The molecule has 0 radical (unpaired) electrons. The van der Waals surface area contributed by atoms with Crippen molar-refractivity contribution in [2.75, 3.05) is 11.6 Å². The maximum atomic E-state index is 12.3. The number of anilines is 1. The van der Waals surface area contributed by atoms with Crippen LogP contribution in [0.5, 0.6) is 5.75 Å². The Bertz CT molecular complexity index is 755. The van der Waals surface area contributed by atoms with E-state index in [9.17, 15) is 13.8 Å². The normalized spacial score (nSPS) is 11.8. The number of esters is 1. The molecule has 0 saturated heterocycles. The van der Waals surface area contributed by atoms with Crippen molar-refractivity contribution in [2.24, 2.45) is 0 Å². The van der Waals surface area contributed by atoms with E-state index in [4.69, 9.17) is 4.74 Å². The summed E-state index contributed by atoms with van der Waals surface area (Å²) in [5, 5.41) is 4.98. The summed E-state index contributed by atoms with van der Waals surface area (Å²) in [5.74, 6) is -0.759. The van der Waals surface area contributed by atoms with Gasteiger partial charge in [0, 0.05) is 18.6 Å². The van der Waals surface area contributed by atoms with E-state index in [0.29, 0.717) is 10.2 Å². The summed E-state index contributed by atoms with van der Waals surface area (Å²) in [7, 11) is -1.20. The lowest BCUT2D eigenvalue weighted by Crippen LogP contribution is -2.15. The number of carbonyl (C=O) groups excluding carboxylic acids is 2. The number of ether oxygens (including phenoxy) is 1. The molecule has 1 unspecified atom stereocenters. The summed E-state index contributed by atoms with van der Waals surface area (Å²) >= 11 is 1.18. The van der Waals surface area contributed by atoms with Crippen molar-refractivity contribution in [3.05, 3.63) is 34.7 Å². The van der Waals surface area contributed by atoms with Crippen LogP contribution in [0.25, 0.3) is 0 Å². The van der Waals surface area contributed by atoms with Crippen LogP contribution in [0.3, 0.4) is 0 Å². The van der Waals surface area contributed by atoms with E-state index >= 15 is 0 Å². The van der Waals surface area contributed by atoms with Gasteiger partial charge in [-0.15, -0.1) is 11.3 Å². The lowest BCUT2D eigenvalue weighted by Gasteiger charge is -2.09. The van der Waals surface area contributed by atoms with Gasteiger partial charge in [0.1, 0.15) is 10.8 Å². The molecule has 1 aromatic heterocycles. The first-order chi connectivity index (χ1) is 10.4. The number of amides is 1. The smallest absolute Gasteiger partial charge is 0.308 e. The zero-order valence-corrected chi connectivity index (χ0v) is 13.8. The Balaban J connectivity index is 2.26. The molecule has 0 saturated carbocycles. The van der Waals surface area contributed by atoms with Crippen LogP contribution in [0.4, 0.5) is 5.13 Å². The molecule has 1 amide bonds. The van der Waals surface area contributed by atoms with Gasteiger partial charge >= 0.3 is 5.97 Å². The molecule has 1 aromatic carbocycles. The predicted molar refractivity (Wildman–Crippen MR) is 84.9 cm³/mol. The average molecular weight is 338 g/mol. The average Bonchev–Trinajstić information content (AvgIpc) is 2.89. The molecular weight excluding hydrogens is 324 g/mol. The molecule has 1 atom stereocenters. The van der Waals surface area contributed by atoms with E-state index in [-0.39, 0.29) is 11.3 Å². The van der Waals surface area contributed by atoms with Crippen molar-refractivity contribution < 1.29 is 18.5 Å². The summed E-state index contributed by atoms with van der Waals surface area (Å²) in [6.07, 6.45) is 1.51. The molecule has 116 valence electrons. The molecule has 0 spiro atoms. The number of aromatic nitrogens is 1. The van der Waals surface area contributed by atoms with Gasteiger partial charge in [-0.2, -0.15) is 0 Å². The van der Waals surface area contributed by atoms with Gasteiger partial charge in [-0.1, -0.05) is 11.6 Å². The Morgan fingerprint density at radius 3 is 2.68 bits per heavy atom. The van der Waals surface area contributed by atoms with E-state index in [1.807, 2.05) is 6.92 Å². The molecule has 0 aliphatic rings. The summed E-state index contributed by atoms with van der Waals surface area (Å²) in [5.41, 5.74) is 1.10. The van der Waals surface area contributed by atoms with Gasteiger partial charge < -0.3 is 4.74 Å².